The quantitative estimate of drug-likeness (QED) is 0.783. The zero-order valence-electron chi connectivity index (χ0n) is 11.5. The van der Waals surface area contributed by atoms with Gasteiger partial charge in [-0.15, -0.1) is 0 Å². The lowest BCUT2D eigenvalue weighted by atomic mass is 9.76. The standard InChI is InChI=1S/C14H26N2O2/c1-9-8-11(6-7-18-9)16-14(17)12-4-3-5-13(15)10(12)2/h9-13H,3-8,15H2,1-2H3,(H,16,17). The van der Waals surface area contributed by atoms with Gasteiger partial charge >= 0.3 is 0 Å². The normalized spacial score (nSPS) is 41.4. The highest BCUT2D eigenvalue weighted by molar-refractivity contribution is 5.79. The van der Waals surface area contributed by atoms with Crippen molar-refractivity contribution < 1.29 is 9.53 Å². The average molecular weight is 254 g/mol. The molecular weight excluding hydrogens is 228 g/mol. The molecule has 3 N–H and O–H groups in total. The van der Waals surface area contributed by atoms with E-state index in [-0.39, 0.29) is 30.0 Å². The van der Waals surface area contributed by atoms with Crippen molar-refractivity contribution in [1.82, 2.24) is 5.32 Å². The van der Waals surface area contributed by atoms with Crippen LogP contribution in [0.15, 0.2) is 0 Å². The summed E-state index contributed by atoms with van der Waals surface area (Å²) in [7, 11) is 0. The van der Waals surface area contributed by atoms with Crippen molar-refractivity contribution in [3.05, 3.63) is 0 Å². The monoisotopic (exact) mass is 254 g/mol. The number of hydrogen-bond donors (Lipinski definition) is 2. The van der Waals surface area contributed by atoms with E-state index in [1.807, 2.05) is 0 Å². The molecule has 1 saturated heterocycles. The van der Waals surface area contributed by atoms with Gasteiger partial charge in [-0.2, -0.15) is 0 Å². The van der Waals surface area contributed by atoms with Crippen LogP contribution in [0, 0.1) is 11.8 Å². The Bertz CT molecular complexity index is 296. The fraction of sp³-hybridized carbons (Fsp3) is 0.929. The van der Waals surface area contributed by atoms with Crippen molar-refractivity contribution in [3.63, 3.8) is 0 Å². The van der Waals surface area contributed by atoms with E-state index in [0.29, 0.717) is 5.92 Å². The van der Waals surface area contributed by atoms with Crippen molar-refractivity contribution in [3.8, 4) is 0 Å². The number of rotatable bonds is 2. The van der Waals surface area contributed by atoms with E-state index in [1.165, 1.54) is 0 Å². The van der Waals surface area contributed by atoms with Gasteiger partial charge in [-0.05, 0) is 38.5 Å². The molecule has 104 valence electrons. The molecular formula is C14H26N2O2. The van der Waals surface area contributed by atoms with Crippen LogP contribution in [-0.4, -0.2) is 30.7 Å². The fourth-order valence-electron chi connectivity index (χ4n) is 3.20. The number of hydrogen-bond acceptors (Lipinski definition) is 3. The van der Waals surface area contributed by atoms with Gasteiger partial charge in [-0.25, -0.2) is 0 Å². The zero-order valence-corrected chi connectivity index (χ0v) is 11.5. The Balaban J connectivity index is 1.86. The number of nitrogens with two attached hydrogens (primary N) is 1. The highest BCUT2D eigenvalue weighted by atomic mass is 16.5. The van der Waals surface area contributed by atoms with Crippen LogP contribution in [0.2, 0.25) is 0 Å². The Morgan fingerprint density at radius 3 is 2.78 bits per heavy atom. The van der Waals surface area contributed by atoms with E-state index >= 15 is 0 Å². The molecule has 1 aliphatic carbocycles. The SMILES string of the molecule is CC1CC(NC(=O)C2CCCC(N)C2C)CCO1. The molecule has 4 nitrogen and oxygen atoms in total. The summed E-state index contributed by atoms with van der Waals surface area (Å²) < 4.78 is 5.50. The van der Waals surface area contributed by atoms with E-state index in [2.05, 4.69) is 19.2 Å². The van der Waals surface area contributed by atoms with E-state index in [9.17, 15) is 4.79 Å². The van der Waals surface area contributed by atoms with Gasteiger partial charge in [-0.1, -0.05) is 13.3 Å². The molecule has 0 aromatic carbocycles. The third-order valence-corrected chi connectivity index (χ3v) is 4.53. The maximum Gasteiger partial charge on any atom is 0.223 e. The molecule has 5 unspecified atom stereocenters. The van der Waals surface area contributed by atoms with Gasteiger partial charge in [0.2, 0.25) is 5.91 Å². The predicted octanol–water partition coefficient (Wildman–Crippen LogP) is 1.43. The van der Waals surface area contributed by atoms with Crippen LogP contribution in [-0.2, 0) is 9.53 Å². The molecule has 1 amide bonds. The third kappa shape index (κ3) is 3.23. The minimum absolute atomic E-state index is 0.104. The number of nitrogens with one attached hydrogen (secondary N) is 1. The van der Waals surface area contributed by atoms with Gasteiger partial charge in [0.15, 0.2) is 0 Å². The molecule has 0 radical (unpaired) electrons. The topological polar surface area (TPSA) is 64.4 Å². The van der Waals surface area contributed by atoms with E-state index < -0.39 is 0 Å². The van der Waals surface area contributed by atoms with Gasteiger partial charge in [0.05, 0.1) is 6.10 Å². The lowest BCUT2D eigenvalue weighted by Gasteiger charge is -2.35. The minimum atomic E-state index is 0.104. The Kier molecular flexibility index (Phi) is 4.62. The van der Waals surface area contributed by atoms with Crippen LogP contribution in [0.1, 0.15) is 46.0 Å². The molecule has 18 heavy (non-hydrogen) atoms. The van der Waals surface area contributed by atoms with Crippen molar-refractivity contribution in [1.29, 1.82) is 0 Å². The Morgan fingerprint density at radius 1 is 1.28 bits per heavy atom. The second kappa shape index (κ2) is 6.02. The lowest BCUT2D eigenvalue weighted by Crippen LogP contribution is -2.48. The number of carbonyl (C=O) groups excluding carboxylic acids is 1. The zero-order chi connectivity index (χ0) is 13.1. The summed E-state index contributed by atoms with van der Waals surface area (Å²) in [4.78, 5) is 12.3. The van der Waals surface area contributed by atoms with Gasteiger partial charge in [0.25, 0.3) is 0 Å². The van der Waals surface area contributed by atoms with E-state index in [4.69, 9.17) is 10.5 Å². The molecule has 2 fully saturated rings. The lowest BCUT2D eigenvalue weighted by molar-refractivity contribution is -0.129. The summed E-state index contributed by atoms with van der Waals surface area (Å²) in [6.45, 7) is 4.93. The molecule has 0 spiro atoms. The molecule has 1 saturated carbocycles. The molecule has 4 heteroatoms. The van der Waals surface area contributed by atoms with Crippen molar-refractivity contribution >= 4 is 5.91 Å². The molecule has 5 atom stereocenters. The third-order valence-electron chi connectivity index (χ3n) is 4.53. The fourth-order valence-corrected chi connectivity index (χ4v) is 3.20. The molecule has 0 bridgehead atoms. The van der Waals surface area contributed by atoms with Crippen molar-refractivity contribution in [2.45, 2.75) is 64.1 Å². The predicted molar refractivity (Wildman–Crippen MR) is 71.1 cm³/mol. The van der Waals surface area contributed by atoms with Gasteiger partial charge in [0, 0.05) is 24.6 Å². The maximum absolute atomic E-state index is 12.3. The summed E-state index contributed by atoms with van der Waals surface area (Å²) in [6, 6.07) is 0.467. The highest BCUT2D eigenvalue weighted by Crippen LogP contribution is 2.29. The van der Waals surface area contributed by atoms with Crippen LogP contribution in [0.5, 0.6) is 0 Å². The number of amides is 1. The van der Waals surface area contributed by atoms with Gasteiger partial charge in [0.1, 0.15) is 0 Å². The van der Waals surface area contributed by atoms with Crippen LogP contribution in [0.25, 0.3) is 0 Å². The number of carbonyl (C=O) groups is 1. The molecule has 1 heterocycles. The largest absolute Gasteiger partial charge is 0.378 e. The molecule has 0 aromatic rings. The Hall–Kier alpha value is -0.610. The first kappa shape index (κ1) is 13.8. The van der Waals surface area contributed by atoms with Crippen LogP contribution in [0.3, 0.4) is 0 Å². The highest BCUT2D eigenvalue weighted by Gasteiger charge is 2.33. The first-order valence-electron chi connectivity index (χ1n) is 7.25. The second-order valence-corrected chi connectivity index (χ2v) is 5.97. The summed E-state index contributed by atoms with van der Waals surface area (Å²) in [5.41, 5.74) is 6.06. The van der Waals surface area contributed by atoms with Crippen molar-refractivity contribution in [2.24, 2.45) is 17.6 Å². The minimum Gasteiger partial charge on any atom is -0.378 e. The average Bonchev–Trinajstić information content (AvgIpc) is 2.32. The first-order valence-corrected chi connectivity index (χ1v) is 7.25. The molecule has 0 aromatic heterocycles. The maximum atomic E-state index is 12.3. The van der Waals surface area contributed by atoms with E-state index in [0.717, 1.165) is 38.7 Å². The first-order chi connectivity index (χ1) is 8.58. The molecule has 2 rings (SSSR count). The summed E-state index contributed by atoms with van der Waals surface area (Å²) in [5, 5.41) is 3.20. The van der Waals surface area contributed by atoms with Crippen LogP contribution in [0.4, 0.5) is 0 Å². The summed E-state index contributed by atoms with van der Waals surface area (Å²) >= 11 is 0. The summed E-state index contributed by atoms with van der Waals surface area (Å²) in [5.74, 6) is 0.611. The van der Waals surface area contributed by atoms with E-state index in [1.54, 1.807) is 0 Å². The Morgan fingerprint density at radius 2 is 2.06 bits per heavy atom. The van der Waals surface area contributed by atoms with Crippen LogP contribution < -0.4 is 11.1 Å². The van der Waals surface area contributed by atoms with Crippen LogP contribution >= 0.6 is 0 Å². The number of ether oxygens (including phenoxy) is 1. The Labute approximate surface area is 110 Å². The summed E-state index contributed by atoms with van der Waals surface area (Å²) in [6.07, 6.45) is 5.24. The molecule has 1 aliphatic heterocycles. The smallest absolute Gasteiger partial charge is 0.223 e. The van der Waals surface area contributed by atoms with Crippen molar-refractivity contribution in [2.75, 3.05) is 6.61 Å². The second-order valence-electron chi connectivity index (χ2n) is 5.97. The molecule has 2 aliphatic rings. The van der Waals surface area contributed by atoms with Gasteiger partial charge < -0.3 is 15.8 Å². The van der Waals surface area contributed by atoms with Gasteiger partial charge in [-0.3, -0.25) is 4.79 Å².